The molecule has 0 radical (unpaired) electrons. The first-order valence-corrected chi connectivity index (χ1v) is 7.03. The van der Waals surface area contributed by atoms with Gasteiger partial charge in [0.2, 0.25) is 0 Å². The van der Waals surface area contributed by atoms with Gasteiger partial charge in [0.25, 0.3) is 0 Å². The van der Waals surface area contributed by atoms with Crippen molar-refractivity contribution in [1.82, 2.24) is 14.9 Å². The predicted octanol–water partition coefficient (Wildman–Crippen LogP) is 2.93. The zero-order chi connectivity index (χ0) is 15.5. The first-order valence-electron chi connectivity index (χ1n) is 7.03. The summed E-state index contributed by atoms with van der Waals surface area (Å²) in [6, 6.07) is 4.68. The van der Waals surface area contributed by atoms with Crippen molar-refractivity contribution in [2.45, 2.75) is 39.9 Å². The van der Waals surface area contributed by atoms with Gasteiger partial charge >= 0.3 is 0 Å². The van der Waals surface area contributed by atoms with E-state index in [1.165, 1.54) is 12.1 Å². The van der Waals surface area contributed by atoms with Crippen LogP contribution in [0.5, 0.6) is 5.75 Å². The molecule has 2 aromatic rings. The van der Waals surface area contributed by atoms with Crippen LogP contribution >= 0.6 is 0 Å². The number of aromatic nitrogens is 2. The normalized spacial score (nSPS) is 13.3. The van der Waals surface area contributed by atoms with Gasteiger partial charge in [0.05, 0.1) is 6.33 Å². The van der Waals surface area contributed by atoms with Gasteiger partial charge in [0, 0.05) is 31.5 Å². The van der Waals surface area contributed by atoms with E-state index < -0.39 is 5.82 Å². The van der Waals surface area contributed by atoms with Gasteiger partial charge in [0.1, 0.15) is 0 Å². The molecule has 4 nitrogen and oxygen atoms in total. The van der Waals surface area contributed by atoms with E-state index in [0.29, 0.717) is 6.54 Å². The van der Waals surface area contributed by atoms with Gasteiger partial charge in [-0.25, -0.2) is 9.37 Å². The van der Waals surface area contributed by atoms with E-state index in [2.05, 4.69) is 31.1 Å². The third-order valence-electron chi connectivity index (χ3n) is 3.56. The molecule has 0 bridgehead atoms. The Kier molecular flexibility index (Phi) is 4.63. The first-order chi connectivity index (χ1) is 9.86. The Morgan fingerprint density at radius 1 is 1.38 bits per heavy atom. The standard InChI is InChI=1S/C16H22FN3O/c1-16(2,3)15(10-20-7-6-18-11-20)19-9-12-4-5-14(21)13(17)8-12/h4-8,11,15,19,21H,9-10H2,1-3H3. The van der Waals surface area contributed by atoms with E-state index in [0.717, 1.165) is 12.1 Å². The molecule has 114 valence electrons. The van der Waals surface area contributed by atoms with Crippen LogP contribution in [0.25, 0.3) is 0 Å². The van der Waals surface area contributed by atoms with Crippen molar-refractivity contribution in [2.75, 3.05) is 0 Å². The van der Waals surface area contributed by atoms with E-state index in [-0.39, 0.29) is 17.2 Å². The second kappa shape index (κ2) is 6.26. The van der Waals surface area contributed by atoms with Gasteiger partial charge in [-0.2, -0.15) is 0 Å². The zero-order valence-electron chi connectivity index (χ0n) is 12.7. The topological polar surface area (TPSA) is 50.1 Å². The quantitative estimate of drug-likeness (QED) is 0.890. The summed E-state index contributed by atoms with van der Waals surface area (Å²) in [4.78, 5) is 4.05. The fourth-order valence-corrected chi connectivity index (χ4v) is 2.15. The van der Waals surface area contributed by atoms with E-state index in [9.17, 15) is 9.50 Å². The number of benzene rings is 1. The van der Waals surface area contributed by atoms with Crippen molar-refractivity contribution in [1.29, 1.82) is 0 Å². The molecule has 0 aliphatic carbocycles. The van der Waals surface area contributed by atoms with Gasteiger partial charge in [-0.3, -0.25) is 0 Å². The number of phenols is 1. The Hall–Kier alpha value is -1.88. The average Bonchev–Trinajstić information content (AvgIpc) is 2.90. The van der Waals surface area contributed by atoms with Crippen molar-refractivity contribution < 1.29 is 9.50 Å². The van der Waals surface area contributed by atoms with E-state index in [1.807, 2.05) is 10.8 Å². The fourth-order valence-electron chi connectivity index (χ4n) is 2.15. The van der Waals surface area contributed by atoms with Gasteiger partial charge in [-0.15, -0.1) is 0 Å². The fraction of sp³-hybridized carbons (Fsp3) is 0.438. The summed E-state index contributed by atoms with van der Waals surface area (Å²) in [6.45, 7) is 7.84. The van der Waals surface area contributed by atoms with Crippen molar-refractivity contribution in [2.24, 2.45) is 5.41 Å². The maximum Gasteiger partial charge on any atom is 0.165 e. The molecule has 0 amide bonds. The summed E-state index contributed by atoms with van der Waals surface area (Å²) in [5.74, 6) is -0.902. The highest BCUT2D eigenvalue weighted by molar-refractivity contribution is 5.27. The van der Waals surface area contributed by atoms with Crippen LogP contribution in [0.1, 0.15) is 26.3 Å². The molecule has 1 unspecified atom stereocenters. The van der Waals surface area contributed by atoms with Crippen molar-refractivity contribution in [3.05, 3.63) is 48.3 Å². The lowest BCUT2D eigenvalue weighted by Gasteiger charge is -2.32. The Bertz CT molecular complexity index is 576. The molecule has 0 fully saturated rings. The maximum atomic E-state index is 13.4. The van der Waals surface area contributed by atoms with Gasteiger partial charge < -0.3 is 15.0 Å². The Balaban J connectivity index is 2.03. The molecule has 0 aliphatic rings. The number of hydrogen-bond donors (Lipinski definition) is 2. The van der Waals surface area contributed by atoms with Crippen LogP contribution in [0, 0.1) is 11.2 Å². The van der Waals surface area contributed by atoms with E-state index in [4.69, 9.17) is 0 Å². The van der Waals surface area contributed by atoms with Crippen LogP contribution < -0.4 is 5.32 Å². The molecule has 0 saturated carbocycles. The highest BCUT2D eigenvalue weighted by atomic mass is 19.1. The molecule has 1 atom stereocenters. The predicted molar refractivity (Wildman–Crippen MR) is 80.4 cm³/mol. The summed E-state index contributed by atoms with van der Waals surface area (Å²) >= 11 is 0. The zero-order valence-corrected chi connectivity index (χ0v) is 12.7. The largest absolute Gasteiger partial charge is 0.505 e. The highest BCUT2D eigenvalue weighted by Gasteiger charge is 2.24. The van der Waals surface area contributed by atoms with Crippen LogP contribution in [0.15, 0.2) is 36.9 Å². The molecule has 5 heteroatoms. The molecule has 0 aliphatic heterocycles. The van der Waals surface area contributed by atoms with Crippen LogP contribution in [0.3, 0.4) is 0 Å². The number of rotatable bonds is 5. The minimum Gasteiger partial charge on any atom is -0.505 e. The summed E-state index contributed by atoms with van der Waals surface area (Å²) in [5.41, 5.74) is 0.866. The first kappa shape index (κ1) is 15.5. The van der Waals surface area contributed by atoms with Crippen molar-refractivity contribution in [3.63, 3.8) is 0 Å². The minimum atomic E-state index is -0.587. The third kappa shape index (κ3) is 4.29. The summed E-state index contributed by atoms with van der Waals surface area (Å²) in [5, 5.41) is 12.7. The molecule has 1 aromatic carbocycles. The smallest absolute Gasteiger partial charge is 0.165 e. The van der Waals surface area contributed by atoms with E-state index in [1.54, 1.807) is 18.6 Å². The number of halogens is 1. The monoisotopic (exact) mass is 291 g/mol. The number of phenolic OH excluding ortho intramolecular Hbond substituents is 1. The van der Waals surface area contributed by atoms with Gasteiger partial charge in [0.15, 0.2) is 11.6 Å². The molecule has 1 heterocycles. The number of nitrogens with one attached hydrogen (secondary N) is 1. The lowest BCUT2D eigenvalue weighted by atomic mass is 9.86. The number of nitrogens with zero attached hydrogens (tertiary/aromatic N) is 2. The number of aromatic hydroxyl groups is 1. The van der Waals surface area contributed by atoms with Gasteiger partial charge in [-0.05, 0) is 23.1 Å². The van der Waals surface area contributed by atoms with E-state index >= 15 is 0 Å². The Labute approximate surface area is 124 Å². The van der Waals surface area contributed by atoms with Crippen molar-refractivity contribution >= 4 is 0 Å². The molecule has 0 saturated heterocycles. The average molecular weight is 291 g/mol. The molecular formula is C16H22FN3O. The van der Waals surface area contributed by atoms with Crippen LogP contribution in [-0.4, -0.2) is 20.7 Å². The summed E-state index contributed by atoms with van der Waals surface area (Å²) in [7, 11) is 0. The Morgan fingerprint density at radius 2 is 2.14 bits per heavy atom. The summed E-state index contributed by atoms with van der Waals surface area (Å²) in [6.07, 6.45) is 5.48. The van der Waals surface area contributed by atoms with Crippen LogP contribution in [-0.2, 0) is 13.1 Å². The maximum absolute atomic E-state index is 13.4. The number of hydrogen-bond acceptors (Lipinski definition) is 3. The number of imidazole rings is 1. The van der Waals surface area contributed by atoms with Crippen LogP contribution in [0.4, 0.5) is 4.39 Å². The second-order valence-corrected chi connectivity index (χ2v) is 6.34. The SMILES string of the molecule is CC(C)(C)C(Cn1ccnc1)NCc1ccc(O)c(F)c1. The molecule has 21 heavy (non-hydrogen) atoms. The van der Waals surface area contributed by atoms with Crippen molar-refractivity contribution in [3.8, 4) is 5.75 Å². The molecule has 2 rings (SSSR count). The lowest BCUT2D eigenvalue weighted by molar-refractivity contribution is 0.240. The third-order valence-corrected chi connectivity index (χ3v) is 3.56. The second-order valence-electron chi connectivity index (χ2n) is 6.34. The van der Waals surface area contributed by atoms with Gasteiger partial charge in [-0.1, -0.05) is 26.8 Å². The lowest BCUT2D eigenvalue weighted by Crippen LogP contribution is -2.43. The molecule has 2 N–H and O–H groups in total. The van der Waals surface area contributed by atoms with Crippen LogP contribution in [0.2, 0.25) is 0 Å². The highest BCUT2D eigenvalue weighted by Crippen LogP contribution is 2.22. The minimum absolute atomic E-state index is 0.0553. The Morgan fingerprint density at radius 3 is 2.71 bits per heavy atom. The molecule has 0 spiro atoms. The summed E-state index contributed by atoms with van der Waals surface area (Å²) < 4.78 is 15.4. The molecular weight excluding hydrogens is 269 g/mol. The molecule has 1 aromatic heterocycles.